The van der Waals surface area contributed by atoms with Crippen molar-refractivity contribution >= 4 is 5.91 Å². The summed E-state index contributed by atoms with van der Waals surface area (Å²) >= 11 is 0. The van der Waals surface area contributed by atoms with Crippen molar-refractivity contribution in [3.63, 3.8) is 0 Å². The molecule has 0 bridgehead atoms. The van der Waals surface area contributed by atoms with Gasteiger partial charge in [-0.05, 0) is 50.9 Å². The summed E-state index contributed by atoms with van der Waals surface area (Å²) in [6.45, 7) is 6.16. The molecule has 100 valence electrons. The molecule has 0 radical (unpaired) electrons. The van der Waals surface area contributed by atoms with Crippen molar-refractivity contribution in [3.05, 3.63) is 23.7 Å². The molecule has 0 spiro atoms. The van der Waals surface area contributed by atoms with Gasteiger partial charge in [0, 0.05) is 12.5 Å². The maximum absolute atomic E-state index is 12.0. The summed E-state index contributed by atoms with van der Waals surface area (Å²) in [7, 11) is 0. The van der Waals surface area contributed by atoms with Crippen molar-refractivity contribution in [1.29, 1.82) is 0 Å². The van der Waals surface area contributed by atoms with Gasteiger partial charge in [0.05, 0.1) is 0 Å². The number of hydrogen-bond donors (Lipinski definition) is 2. The molecule has 1 saturated heterocycles. The number of nitrogens with one attached hydrogen (secondary N) is 2. The van der Waals surface area contributed by atoms with Crippen LogP contribution in [0.3, 0.4) is 0 Å². The molecule has 1 aliphatic rings. The fraction of sp³-hybridized carbons (Fsp3) is 0.643. The van der Waals surface area contributed by atoms with E-state index in [1.807, 2.05) is 13.0 Å². The van der Waals surface area contributed by atoms with Crippen molar-refractivity contribution in [1.82, 2.24) is 10.6 Å². The Labute approximate surface area is 108 Å². The van der Waals surface area contributed by atoms with Crippen LogP contribution in [0.4, 0.5) is 0 Å². The average Bonchev–Trinajstić information content (AvgIpc) is 2.88. The molecule has 2 N–H and O–H groups in total. The first-order valence-corrected chi connectivity index (χ1v) is 6.81. The zero-order valence-corrected chi connectivity index (χ0v) is 11.2. The van der Waals surface area contributed by atoms with E-state index in [1.165, 1.54) is 12.8 Å². The lowest BCUT2D eigenvalue weighted by atomic mass is 9.93. The molecule has 2 unspecified atom stereocenters. The number of carbonyl (C=O) groups is 1. The van der Waals surface area contributed by atoms with E-state index in [2.05, 4.69) is 17.6 Å². The first-order valence-electron chi connectivity index (χ1n) is 6.81. The van der Waals surface area contributed by atoms with Gasteiger partial charge in [0.25, 0.3) is 5.91 Å². The summed E-state index contributed by atoms with van der Waals surface area (Å²) < 4.78 is 5.46. The van der Waals surface area contributed by atoms with Gasteiger partial charge in [-0.15, -0.1) is 0 Å². The number of carbonyl (C=O) groups excluding carboxylic acids is 1. The van der Waals surface area contributed by atoms with Crippen LogP contribution in [-0.2, 0) is 6.42 Å². The number of hydrogen-bond acceptors (Lipinski definition) is 3. The molecule has 0 aliphatic carbocycles. The van der Waals surface area contributed by atoms with E-state index in [0.29, 0.717) is 11.7 Å². The standard InChI is InChI=1S/C14H22N2O2/c1-3-12-6-7-13(18-12)14(17)16-10(2)11-5-4-8-15-9-11/h6-7,10-11,15H,3-5,8-9H2,1-2H3,(H,16,17). The van der Waals surface area contributed by atoms with Crippen LogP contribution in [0.15, 0.2) is 16.5 Å². The second kappa shape index (κ2) is 6.05. The third-order valence-electron chi connectivity index (χ3n) is 3.63. The maximum Gasteiger partial charge on any atom is 0.287 e. The van der Waals surface area contributed by atoms with Crippen LogP contribution < -0.4 is 10.6 Å². The highest BCUT2D eigenvalue weighted by Gasteiger charge is 2.22. The number of piperidine rings is 1. The molecule has 1 aromatic heterocycles. The van der Waals surface area contributed by atoms with Crippen molar-refractivity contribution in [2.45, 2.75) is 39.2 Å². The predicted molar refractivity (Wildman–Crippen MR) is 70.6 cm³/mol. The van der Waals surface area contributed by atoms with Gasteiger partial charge in [-0.25, -0.2) is 0 Å². The van der Waals surface area contributed by atoms with Gasteiger partial charge >= 0.3 is 0 Å². The number of amides is 1. The molecule has 4 heteroatoms. The lowest BCUT2D eigenvalue weighted by Crippen LogP contribution is -2.44. The summed E-state index contributed by atoms with van der Waals surface area (Å²) in [4.78, 5) is 12.0. The largest absolute Gasteiger partial charge is 0.456 e. The van der Waals surface area contributed by atoms with Gasteiger partial charge in [-0.1, -0.05) is 6.92 Å². The minimum atomic E-state index is -0.104. The average molecular weight is 250 g/mol. The van der Waals surface area contributed by atoms with Crippen LogP contribution in [0.5, 0.6) is 0 Å². The number of aryl methyl sites for hydroxylation is 1. The minimum absolute atomic E-state index is 0.104. The van der Waals surface area contributed by atoms with E-state index in [0.717, 1.165) is 25.3 Å². The van der Waals surface area contributed by atoms with Crippen LogP contribution in [-0.4, -0.2) is 25.0 Å². The first kappa shape index (κ1) is 13.1. The second-order valence-corrected chi connectivity index (χ2v) is 4.99. The van der Waals surface area contributed by atoms with Crippen LogP contribution in [0.2, 0.25) is 0 Å². The van der Waals surface area contributed by atoms with Crippen molar-refractivity contribution in [3.8, 4) is 0 Å². The Hall–Kier alpha value is -1.29. The zero-order valence-electron chi connectivity index (χ0n) is 11.2. The second-order valence-electron chi connectivity index (χ2n) is 4.99. The molecule has 2 heterocycles. The third kappa shape index (κ3) is 3.13. The lowest BCUT2D eigenvalue weighted by Gasteiger charge is -2.28. The Balaban J connectivity index is 1.89. The van der Waals surface area contributed by atoms with Gasteiger partial charge in [-0.3, -0.25) is 4.79 Å². The minimum Gasteiger partial charge on any atom is -0.456 e. The Kier molecular flexibility index (Phi) is 4.42. The maximum atomic E-state index is 12.0. The van der Waals surface area contributed by atoms with Crippen LogP contribution in [0, 0.1) is 5.92 Å². The molecule has 1 aliphatic heterocycles. The SMILES string of the molecule is CCc1ccc(C(=O)NC(C)C2CCCNC2)o1. The molecule has 0 aromatic carbocycles. The molecular formula is C14H22N2O2. The quantitative estimate of drug-likeness (QED) is 0.859. The molecule has 0 saturated carbocycles. The molecule has 18 heavy (non-hydrogen) atoms. The number of furan rings is 1. The van der Waals surface area contributed by atoms with Crippen LogP contribution >= 0.6 is 0 Å². The highest BCUT2D eigenvalue weighted by atomic mass is 16.3. The van der Waals surface area contributed by atoms with E-state index >= 15 is 0 Å². The van der Waals surface area contributed by atoms with Gasteiger partial charge in [0.1, 0.15) is 5.76 Å². The van der Waals surface area contributed by atoms with Crippen LogP contribution in [0.25, 0.3) is 0 Å². The van der Waals surface area contributed by atoms with Crippen molar-refractivity contribution in [2.75, 3.05) is 13.1 Å². The molecule has 4 nitrogen and oxygen atoms in total. The highest BCUT2D eigenvalue weighted by molar-refractivity contribution is 5.91. The van der Waals surface area contributed by atoms with E-state index < -0.39 is 0 Å². The zero-order chi connectivity index (χ0) is 13.0. The summed E-state index contributed by atoms with van der Waals surface area (Å²) in [5, 5.41) is 6.40. The van der Waals surface area contributed by atoms with E-state index in [9.17, 15) is 4.79 Å². The lowest BCUT2D eigenvalue weighted by molar-refractivity contribution is 0.0892. The van der Waals surface area contributed by atoms with E-state index in [1.54, 1.807) is 6.07 Å². The third-order valence-corrected chi connectivity index (χ3v) is 3.63. The topological polar surface area (TPSA) is 54.3 Å². The molecule has 2 atom stereocenters. The fourth-order valence-corrected chi connectivity index (χ4v) is 2.39. The van der Waals surface area contributed by atoms with Gasteiger partial charge in [0.2, 0.25) is 0 Å². The van der Waals surface area contributed by atoms with E-state index in [-0.39, 0.29) is 11.9 Å². The normalized spacial score (nSPS) is 21.6. The Morgan fingerprint density at radius 2 is 2.44 bits per heavy atom. The summed E-state index contributed by atoms with van der Waals surface area (Å²) in [5.74, 6) is 1.69. The fourth-order valence-electron chi connectivity index (χ4n) is 2.39. The molecule has 1 aromatic rings. The molecule has 2 rings (SSSR count). The number of rotatable bonds is 4. The highest BCUT2D eigenvalue weighted by Crippen LogP contribution is 2.15. The van der Waals surface area contributed by atoms with Gasteiger partial charge in [0.15, 0.2) is 5.76 Å². The van der Waals surface area contributed by atoms with Crippen LogP contribution in [0.1, 0.15) is 43.0 Å². The first-order chi connectivity index (χ1) is 8.70. The Morgan fingerprint density at radius 1 is 1.61 bits per heavy atom. The van der Waals surface area contributed by atoms with Gasteiger partial charge < -0.3 is 15.1 Å². The Bertz CT molecular complexity index is 394. The van der Waals surface area contributed by atoms with Crippen molar-refractivity contribution < 1.29 is 9.21 Å². The summed E-state index contributed by atoms with van der Waals surface area (Å²) in [5.41, 5.74) is 0. The van der Waals surface area contributed by atoms with Gasteiger partial charge in [-0.2, -0.15) is 0 Å². The predicted octanol–water partition coefficient (Wildman–Crippen LogP) is 1.96. The van der Waals surface area contributed by atoms with E-state index in [4.69, 9.17) is 4.42 Å². The molecular weight excluding hydrogens is 228 g/mol. The van der Waals surface area contributed by atoms with Crippen molar-refractivity contribution in [2.24, 2.45) is 5.92 Å². The molecule has 1 fully saturated rings. The summed E-state index contributed by atoms with van der Waals surface area (Å²) in [6, 6.07) is 3.79. The summed E-state index contributed by atoms with van der Waals surface area (Å²) in [6.07, 6.45) is 3.17. The smallest absolute Gasteiger partial charge is 0.287 e. The monoisotopic (exact) mass is 250 g/mol. The Morgan fingerprint density at radius 3 is 3.06 bits per heavy atom. The molecule has 1 amide bonds.